The molecule has 3 heterocycles. The van der Waals surface area contributed by atoms with E-state index >= 15 is 0 Å². The number of fused-ring (bicyclic) bond motifs is 1. The zero-order valence-corrected chi connectivity index (χ0v) is 15.0. The Labute approximate surface area is 156 Å². The highest BCUT2D eigenvalue weighted by atomic mass is 16.5. The first-order valence-corrected chi connectivity index (χ1v) is 8.72. The smallest absolute Gasteiger partial charge is 0.255 e. The number of anilines is 1. The van der Waals surface area contributed by atoms with Crippen molar-refractivity contribution in [3.63, 3.8) is 0 Å². The van der Waals surface area contributed by atoms with Crippen molar-refractivity contribution in [3.05, 3.63) is 77.1 Å². The molecule has 0 fully saturated rings. The first-order valence-electron chi connectivity index (χ1n) is 8.72. The number of pyridine rings is 1. The second-order valence-electron chi connectivity index (χ2n) is 6.40. The van der Waals surface area contributed by atoms with Crippen LogP contribution in [-0.2, 0) is 17.7 Å². The van der Waals surface area contributed by atoms with Crippen LogP contribution >= 0.6 is 0 Å². The molecular formula is C20H20N4O3. The van der Waals surface area contributed by atoms with Crippen LogP contribution in [0.4, 0.5) is 5.82 Å². The Kier molecular flexibility index (Phi) is 4.60. The van der Waals surface area contributed by atoms with Gasteiger partial charge in [0.25, 0.3) is 5.91 Å². The van der Waals surface area contributed by atoms with Crippen LogP contribution in [0.3, 0.4) is 0 Å². The fourth-order valence-corrected chi connectivity index (χ4v) is 3.23. The lowest BCUT2D eigenvalue weighted by molar-refractivity contribution is 0.0726. The largest absolute Gasteiger partial charge is 0.442 e. The number of oxazole rings is 1. The molecule has 0 saturated heterocycles. The molecule has 0 bridgehead atoms. The molecule has 0 radical (unpaired) electrons. The molecule has 7 heteroatoms. The Morgan fingerprint density at radius 1 is 1.26 bits per heavy atom. The van der Waals surface area contributed by atoms with Gasteiger partial charge in [-0.3, -0.25) is 4.79 Å². The van der Waals surface area contributed by atoms with Gasteiger partial charge < -0.3 is 19.8 Å². The van der Waals surface area contributed by atoms with Crippen molar-refractivity contribution >= 4 is 11.7 Å². The van der Waals surface area contributed by atoms with Gasteiger partial charge in [-0.15, -0.1) is 0 Å². The summed E-state index contributed by atoms with van der Waals surface area (Å²) in [4.78, 5) is 23.1. The highest BCUT2D eigenvalue weighted by Crippen LogP contribution is 2.29. The minimum absolute atomic E-state index is 0.0935. The van der Waals surface area contributed by atoms with Crippen LogP contribution < -0.4 is 5.73 Å². The Balaban J connectivity index is 1.55. The number of amides is 1. The van der Waals surface area contributed by atoms with Gasteiger partial charge in [0, 0.05) is 26.3 Å². The van der Waals surface area contributed by atoms with Gasteiger partial charge in [-0.25, -0.2) is 9.97 Å². The van der Waals surface area contributed by atoms with Crippen molar-refractivity contribution in [3.8, 4) is 0 Å². The minimum atomic E-state index is -0.373. The third-order valence-corrected chi connectivity index (χ3v) is 4.63. The minimum Gasteiger partial charge on any atom is -0.442 e. The third kappa shape index (κ3) is 3.41. The van der Waals surface area contributed by atoms with Gasteiger partial charge >= 0.3 is 0 Å². The number of carbonyl (C=O) groups excluding carboxylic acids is 1. The van der Waals surface area contributed by atoms with Crippen LogP contribution in [0.25, 0.3) is 0 Å². The molecule has 1 unspecified atom stereocenters. The Morgan fingerprint density at radius 3 is 2.78 bits per heavy atom. The summed E-state index contributed by atoms with van der Waals surface area (Å²) >= 11 is 0. The summed E-state index contributed by atoms with van der Waals surface area (Å²) < 4.78 is 11.6. The topological polar surface area (TPSA) is 94.5 Å². The lowest BCUT2D eigenvalue weighted by Gasteiger charge is -2.25. The number of nitrogens with two attached hydrogens (primary N) is 1. The summed E-state index contributed by atoms with van der Waals surface area (Å²) in [6.07, 6.45) is 1.74. The molecule has 138 valence electrons. The summed E-state index contributed by atoms with van der Waals surface area (Å²) in [5.41, 5.74) is 7.84. The Morgan fingerprint density at radius 2 is 2.07 bits per heavy atom. The fraction of sp³-hybridized carbons (Fsp3) is 0.250. The molecule has 1 aliphatic heterocycles. The number of nitrogens with zero attached hydrogens (tertiary/aromatic N) is 3. The van der Waals surface area contributed by atoms with E-state index in [4.69, 9.17) is 14.9 Å². The Hall–Kier alpha value is -3.19. The number of hydrogen-bond donors (Lipinski definition) is 1. The monoisotopic (exact) mass is 364 g/mol. The van der Waals surface area contributed by atoms with Crippen molar-refractivity contribution in [2.45, 2.75) is 19.1 Å². The molecule has 1 aliphatic rings. The SMILES string of the molecule is COC(c1ccccc1)c1nc2c(o1)CCN(C(=O)c1ccc(N)nc1)C2. The molecule has 2 N–H and O–H groups in total. The maximum absolute atomic E-state index is 12.7. The van der Waals surface area contributed by atoms with Gasteiger partial charge in [-0.2, -0.15) is 0 Å². The second kappa shape index (κ2) is 7.20. The first-order chi connectivity index (χ1) is 13.2. The average Bonchev–Trinajstić information content (AvgIpc) is 3.12. The zero-order chi connectivity index (χ0) is 18.8. The normalized spacial score (nSPS) is 14.6. The molecule has 0 spiro atoms. The molecule has 7 nitrogen and oxygen atoms in total. The standard InChI is InChI=1S/C20H20N4O3/c1-26-18(13-5-3-2-4-6-13)19-23-15-12-24(10-9-16(15)27-19)20(25)14-7-8-17(21)22-11-14/h2-8,11,18H,9-10,12H2,1H3,(H2,21,22). The van der Waals surface area contributed by atoms with E-state index in [9.17, 15) is 4.79 Å². The van der Waals surface area contributed by atoms with E-state index in [0.717, 1.165) is 17.0 Å². The summed E-state index contributed by atoms with van der Waals surface area (Å²) in [6, 6.07) is 13.1. The van der Waals surface area contributed by atoms with E-state index in [1.54, 1.807) is 24.1 Å². The summed E-state index contributed by atoms with van der Waals surface area (Å²) in [6.45, 7) is 0.959. The number of nitrogen functional groups attached to an aromatic ring is 1. The molecule has 0 saturated carbocycles. The first kappa shape index (κ1) is 17.2. The average molecular weight is 364 g/mol. The lowest BCUT2D eigenvalue weighted by Crippen LogP contribution is -2.35. The number of hydrogen-bond acceptors (Lipinski definition) is 6. The molecule has 0 aliphatic carbocycles. The molecule has 3 aromatic rings. The van der Waals surface area contributed by atoms with Crippen LogP contribution in [0, 0.1) is 0 Å². The molecule has 1 amide bonds. The van der Waals surface area contributed by atoms with E-state index in [2.05, 4.69) is 9.97 Å². The van der Waals surface area contributed by atoms with Crippen LogP contribution in [0.2, 0.25) is 0 Å². The molecule has 1 atom stereocenters. The summed E-state index contributed by atoms with van der Waals surface area (Å²) in [7, 11) is 1.63. The van der Waals surface area contributed by atoms with Gasteiger partial charge in [-0.05, 0) is 17.7 Å². The van der Waals surface area contributed by atoms with E-state index in [-0.39, 0.29) is 12.0 Å². The van der Waals surface area contributed by atoms with Crippen LogP contribution in [0.15, 0.2) is 53.1 Å². The fourth-order valence-electron chi connectivity index (χ4n) is 3.23. The number of benzene rings is 1. The molecule has 2 aromatic heterocycles. The second-order valence-corrected chi connectivity index (χ2v) is 6.40. The van der Waals surface area contributed by atoms with Gasteiger partial charge in [0.15, 0.2) is 6.10 Å². The molecule has 4 rings (SSSR count). The van der Waals surface area contributed by atoms with Crippen molar-refractivity contribution in [1.29, 1.82) is 0 Å². The van der Waals surface area contributed by atoms with Crippen LogP contribution in [-0.4, -0.2) is 34.4 Å². The van der Waals surface area contributed by atoms with Crippen molar-refractivity contribution in [2.24, 2.45) is 0 Å². The number of aromatic nitrogens is 2. The highest BCUT2D eigenvalue weighted by Gasteiger charge is 2.29. The van der Waals surface area contributed by atoms with Crippen molar-refractivity contribution < 1.29 is 13.9 Å². The van der Waals surface area contributed by atoms with Crippen molar-refractivity contribution in [2.75, 3.05) is 19.4 Å². The molecular weight excluding hydrogens is 344 g/mol. The number of ether oxygens (including phenoxy) is 1. The van der Waals surface area contributed by atoms with Crippen LogP contribution in [0.5, 0.6) is 0 Å². The van der Waals surface area contributed by atoms with Gasteiger partial charge in [-0.1, -0.05) is 30.3 Å². The van der Waals surface area contributed by atoms with Crippen molar-refractivity contribution in [1.82, 2.24) is 14.9 Å². The van der Waals surface area contributed by atoms with Crippen LogP contribution in [0.1, 0.15) is 39.4 Å². The molecule has 27 heavy (non-hydrogen) atoms. The molecule has 1 aromatic carbocycles. The van der Waals surface area contributed by atoms with Gasteiger partial charge in [0.2, 0.25) is 5.89 Å². The highest BCUT2D eigenvalue weighted by molar-refractivity contribution is 5.94. The quantitative estimate of drug-likeness (QED) is 0.765. The predicted molar refractivity (Wildman–Crippen MR) is 98.9 cm³/mol. The van der Waals surface area contributed by atoms with E-state index in [0.29, 0.717) is 36.8 Å². The zero-order valence-electron chi connectivity index (χ0n) is 15.0. The van der Waals surface area contributed by atoms with Gasteiger partial charge in [0.1, 0.15) is 17.3 Å². The Bertz CT molecular complexity index is 938. The van der Waals surface area contributed by atoms with E-state index < -0.39 is 0 Å². The summed E-state index contributed by atoms with van der Waals surface area (Å²) in [5.74, 6) is 1.61. The number of rotatable bonds is 4. The third-order valence-electron chi connectivity index (χ3n) is 4.63. The predicted octanol–water partition coefficient (Wildman–Crippen LogP) is 2.59. The number of carbonyl (C=O) groups is 1. The number of methoxy groups -OCH3 is 1. The maximum atomic E-state index is 12.7. The van der Waals surface area contributed by atoms with E-state index in [1.807, 2.05) is 30.3 Å². The maximum Gasteiger partial charge on any atom is 0.255 e. The summed E-state index contributed by atoms with van der Waals surface area (Å²) in [5, 5.41) is 0. The lowest BCUT2D eigenvalue weighted by atomic mass is 10.1. The van der Waals surface area contributed by atoms with Gasteiger partial charge in [0.05, 0.1) is 12.1 Å². The van der Waals surface area contributed by atoms with E-state index in [1.165, 1.54) is 6.20 Å².